The second-order valence-corrected chi connectivity index (χ2v) is 4.86. The summed E-state index contributed by atoms with van der Waals surface area (Å²) in [5.74, 6) is -0.380. The number of aromatic carboxylic acids is 1. The van der Waals surface area contributed by atoms with E-state index in [9.17, 15) is 9.59 Å². The van der Waals surface area contributed by atoms with Crippen LogP contribution in [0.5, 0.6) is 0 Å². The number of aromatic nitrogens is 2. The zero-order valence-corrected chi connectivity index (χ0v) is 10.9. The number of hydrogen-bond acceptors (Lipinski definition) is 3. The molecule has 0 aliphatic heterocycles. The van der Waals surface area contributed by atoms with Crippen LogP contribution in [0.1, 0.15) is 23.3 Å². The summed E-state index contributed by atoms with van der Waals surface area (Å²) in [5, 5.41) is 11.5. The second-order valence-electron chi connectivity index (χ2n) is 4.86. The molecule has 0 aromatic carbocycles. The molecule has 2 rings (SSSR count). The van der Waals surface area contributed by atoms with E-state index in [1.165, 1.54) is 25.4 Å². The van der Waals surface area contributed by atoms with Gasteiger partial charge in [0.2, 0.25) is 0 Å². The van der Waals surface area contributed by atoms with Crippen LogP contribution in [0, 0.1) is 5.92 Å². The van der Waals surface area contributed by atoms with Crippen LogP contribution in [0.25, 0.3) is 0 Å². The van der Waals surface area contributed by atoms with Gasteiger partial charge in [0.25, 0.3) is 0 Å². The Morgan fingerprint density at radius 2 is 2.32 bits per heavy atom. The predicted molar refractivity (Wildman–Crippen MR) is 67.9 cm³/mol. The quantitative estimate of drug-likeness (QED) is 0.790. The summed E-state index contributed by atoms with van der Waals surface area (Å²) >= 11 is 0. The first kappa shape index (κ1) is 13.4. The molecule has 2 amide bonds. The van der Waals surface area contributed by atoms with Crippen LogP contribution in [0.2, 0.25) is 0 Å². The molecular formula is C12H18N4O3. The summed E-state index contributed by atoms with van der Waals surface area (Å²) in [6.45, 7) is 1.76. The van der Waals surface area contributed by atoms with E-state index in [-0.39, 0.29) is 11.7 Å². The van der Waals surface area contributed by atoms with E-state index in [2.05, 4.69) is 10.3 Å². The molecule has 1 heterocycles. The van der Waals surface area contributed by atoms with E-state index >= 15 is 0 Å². The van der Waals surface area contributed by atoms with Gasteiger partial charge in [-0.3, -0.25) is 0 Å². The lowest BCUT2D eigenvalue weighted by atomic mass is 10.4. The molecule has 1 aromatic rings. The summed E-state index contributed by atoms with van der Waals surface area (Å²) in [6.07, 6.45) is 5.32. The van der Waals surface area contributed by atoms with Crippen molar-refractivity contribution in [2.24, 2.45) is 5.92 Å². The maximum atomic E-state index is 11.7. The highest BCUT2D eigenvalue weighted by Gasteiger charge is 2.24. The molecule has 0 saturated heterocycles. The zero-order chi connectivity index (χ0) is 13.8. The van der Waals surface area contributed by atoms with Gasteiger partial charge in [-0.2, -0.15) is 0 Å². The fourth-order valence-corrected chi connectivity index (χ4v) is 1.79. The van der Waals surface area contributed by atoms with Gasteiger partial charge in [0.1, 0.15) is 0 Å². The van der Waals surface area contributed by atoms with Gasteiger partial charge in [-0.05, 0) is 18.8 Å². The highest BCUT2D eigenvalue weighted by molar-refractivity contribution is 5.84. The van der Waals surface area contributed by atoms with E-state index < -0.39 is 5.97 Å². The lowest BCUT2D eigenvalue weighted by Crippen LogP contribution is -2.39. The molecule has 1 fully saturated rings. The van der Waals surface area contributed by atoms with Crippen LogP contribution in [-0.4, -0.2) is 51.7 Å². The fraction of sp³-hybridized carbons (Fsp3) is 0.583. The molecule has 0 radical (unpaired) electrons. The Labute approximate surface area is 111 Å². The van der Waals surface area contributed by atoms with Crippen molar-refractivity contribution in [3.63, 3.8) is 0 Å². The van der Waals surface area contributed by atoms with Crippen molar-refractivity contribution in [2.45, 2.75) is 19.4 Å². The smallest absolute Gasteiger partial charge is 0.356 e. The van der Waals surface area contributed by atoms with Gasteiger partial charge in [-0.25, -0.2) is 14.6 Å². The van der Waals surface area contributed by atoms with Gasteiger partial charge in [0.15, 0.2) is 5.69 Å². The normalized spacial score (nSPS) is 14.2. The van der Waals surface area contributed by atoms with E-state index in [1.807, 2.05) is 0 Å². The number of urea groups is 1. The number of imidazole rings is 1. The first-order valence-corrected chi connectivity index (χ1v) is 6.30. The van der Waals surface area contributed by atoms with Gasteiger partial charge in [-0.1, -0.05) is 0 Å². The molecule has 2 N–H and O–H groups in total. The Bertz CT molecular complexity index is 467. The van der Waals surface area contributed by atoms with E-state index in [4.69, 9.17) is 5.11 Å². The number of carboxylic acids is 1. The molecule has 1 saturated carbocycles. The Morgan fingerprint density at radius 3 is 2.89 bits per heavy atom. The van der Waals surface area contributed by atoms with Crippen molar-refractivity contribution in [1.29, 1.82) is 0 Å². The van der Waals surface area contributed by atoms with Gasteiger partial charge in [0, 0.05) is 32.9 Å². The topological polar surface area (TPSA) is 87.5 Å². The van der Waals surface area contributed by atoms with Gasteiger partial charge < -0.3 is 19.9 Å². The Kier molecular flexibility index (Phi) is 4.03. The van der Waals surface area contributed by atoms with Crippen LogP contribution in [-0.2, 0) is 6.54 Å². The Balaban J connectivity index is 1.69. The van der Waals surface area contributed by atoms with Gasteiger partial charge in [-0.15, -0.1) is 0 Å². The number of carboxylic acid groups (broad SMARTS) is 1. The van der Waals surface area contributed by atoms with Crippen LogP contribution < -0.4 is 5.32 Å². The van der Waals surface area contributed by atoms with Gasteiger partial charge >= 0.3 is 12.0 Å². The van der Waals surface area contributed by atoms with E-state index in [0.29, 0.717) is 19.0 Å². The third-order valence-electron chi connectivity index (χ3n) is 3.07. The zero-order valence-electron chi connectivity index (χ0n) is 10.9. The summed E-state index contributed by atoms with van der Waals surface area (Å²) in [7, 11) is 1.79. The largest absolute Gasteiger partial charge is 0.476 e. The molecule has 7 heteroatoms. The molecule has 1 aliphatic rings. The summed E-state index contributed by atoms with van der Waals surface area (Å²) in [4.78, 5) is 27.8. The van der Waals surface area contributed by atoms with Crippen LogP contribution in [0.3, 0.4) is 0 Å². The maximum absolute atomic E-state index is 11.7. The molecule has 0 spiro atoms. The van der Waals surface area contributed by atoms with E-state index in [0.717, 1.165) is 6.54 Å². The van der Waals surface area contributed by atoms with Crippen LogP contribution in [0.15, 0.2) is 12.5 Å². The monoisotopic (exact) mass is 266 g/mol. The molecule has 7 nitrogen and oxygen atoms in total. The standard InChI is InChI=1S/C12H18N4O3/c1-15(6-9-2-3-9)12(19)13-4-5-16-7-10(11(17)18)14-8-16/h7-9H,2-6H2,1H3,(H,13,19)(H,17,18). The van der Waals surface area contributed by atoms with E-state index in [1.54, 1.807) is 16.5 Å². The molecule has 0 bridgehead atoms. The van der Waals surface area contributed by atoms with Crippen LogP contribution >= 0.6 is 0 Å². The van der Waals surface area contributed by atoms with Crippen molar-refractivity contribution in [2.75, 3.05) is 20.1 Å². The average Bonchev–Trinajstić information content (AvgIpc) is 3.04. The molecular weight excluding hydrogens is 248 g/mol. The third kappa shape index (κ3) is 3.97. The predicted octanol–water partition coefficient (Wildman–Crippen LogP) is 0.633. The van der Waals surface area contributed by atoms with Crippen molar-refractivity contribution in [3.05, 3.63) is 18.2 Å². The number of carbonyl (C=O) groups is 2. The first-order valence-electron chi connectivity index (χ1n) is 6.30. The number of nitrogens with one attached hydrogen (secondary N) is 1. The lowest BCUT2D eigenvalue weighted by molar-refractivity contribution is 0.0691. The maximum Gasteiger partial charge on any atom is 0.356 e. The number of amides is 2. The Morgan fingerprint density at radius 1 is 1.58 bits per heavy atom. The number of rotatable bonds is 6. The third-order valence-corrected chi connectivity index (χ3v) is 3.07. The van der Waals surface area contributed by atoms with Crippen molar-refractivity contribution in [3.8, 4) is 0 Å². The lowest BCUT2D eigenvalue weighted by Gasteiger charge is -2.17. The SMILES string of the molecule is CN(CC1CC1)C(=O)NCCn1cnc(C(=O)O)c1. The second kappa shape index (κ2) is 5.73. The molecule has 19 heavy (non-hydrogen) atoms. The first-order chi connectivity index (χ1) is 9.06. The van der Waals surface area contributed by atoms with Crippen molar-refractivity contribution < 1.29 is 14.7 Å². The molecule has 0 atom stereocenters. The van der Waals surface area contributed by atoms with Crippen molar-refractivity contribution >= 4 is 12.0 Å². The minimum Gasteiger partial charge on any atom is -0.476 e. The Hall–Kier alpha value is -2.05. The van der Waals surface area contributed by atoms with Crippen molar-refractivity contribution in [1.82, 2.24) is 19.8 Å². The molecule has 1 aromatic heterocycles. The minimum absolute atomic E-state index is 0.0113. The van der Waals surface area contributed by atoms with Gasteiger partial charge in [0.05, 0.1) is 6.33 Å². The fourth-order valence-electron chi connectivity index (χ4n) is 1.79. The molecule has 104 valence electrons. The highest BCUT2D eigenvalue weighted by Crippen LogP contribution is 2.29. The highest BCUT2D eigenvalue weighted by atomic mass is 16.4. The minimum atomic E-state index is -1.05. The molecule has 0 unspecified atom stereocenters. The number of hydrogen-bond donors (Lipinski definition) is 2. The van der Waals surface area contributed by atoms with Crippen LogP contribution in [0.4, 0.5) is 4.79 Å². The number of nitrogens with zero attached hydrogens (tertiary/aromatic N) is 3. The summed E-state index contributed by atoms with van der Waals surface area (Å²) in [5.41, 5.74) is 0.0113. The number of carbonyl (C=O) groups excluding carboxylic acids is 1. The molecule has 1 aliphatic carbocycles. The summed E-state index contributed by atoms with van der Waals surface area (Å²) in [6, 6.07) is -0.0922. The summed E-state index contributed by atoms with van der Waals surface area (Å²) < 4.78 is 1.64. The average molecular weight is 266 g/mol.